The predicted molar refractivity (Wildman–Crippen MR) is 81.7 cm³/mol. The number of fused-ring (bicyclic) bond motifs is 1. The molecule has 9 nitrogen and oxygen atoms in total. The Bertz CT molecular complexity index is 827. The second-order valence-corrected chi connectivity index (χ2v) is 5.92. The molecular weight excluding hydrogens is 336 g/mol. The third-order valence-corrected chi connectivity index (χ3v) is 4.03. The molecule has 1 aliphatic rings. The quantitative estimate of drug-likeness (QED) is 0.749. The molecule has 122 valence electrons. The molecule has 0 unspecified atom stereocenters. The van der Waals surface area contributed by atoms with E-state index in [1.807, 2.05) is 0 Å². The van der Waals surface area contributed by atoms with Gasteiger partial charge in [0.1, 0.15) is 11.6 Å². The van der Waals surface area contributed by atoms with E-state index >= 15 is 0 Å². The lowest BCUT2D eigenvalue weighted by Crippen LogP contribution is -2.37. The number of nitrogens with zero attached hydrogens (tertiary/aromatic N) is 3. The fourth-order valence-electron chi connectivity index (χ4n) is 2.19. The molecule has 24 heavy (non-hydrogen) atoms. The van der Waals surface area contributed by atoms with Gasteiger partial charge in [-0.2, -0.15) is 0 Å². The number of carbonyl (C=O) groups excluding carboxylic acids is 3. The molecule has 0 saturated heterocycles. The Kier molecular flexibility index (Phi) is 4.04. The first-order valence-electron chi connectivity index (χ1n) is 6.75. The van der Waals surface area contributed by atoms with Gasteiger partial charge in [0, 0.05) is 0 Å². The fourth-order valence-corrected chi connectivity index (χ4v) is 2.94. The number of aliphatic carboxylic acids is 1. The summed E-state index contributed by atoms with van der Waals surface area (Å²) >= 11 is 0.913. The number of amides is 3. The number of rotatable bonds is 5. The lowest BCUT2D eigenvalue weighted by molar-refractivity contribution is -0.136. The van der Waals surface area contributed by atoms with Crippen molar-refractivity contribution in [2.45, 2.75) is 6.42 Å². The Labute approximate surface area is 138 Å². The van der Waals surface area contributed by atoms with Crippen LogP contribution in [0.25, 0.3) is 0 Å². The van der Waals surface area contributed by atoms with E-state index in [1.54, 1.807) is 12.1 Å². The lowest BCUT2D eigenvalue weighted by atomic mass is 10.1. The summed E-state index contributed by atoms with van der Waals surface area (Å²) in [5.41, 5.74) is 0.518. The molecule has 10 heteroatoms. The fraction of sp³-hybridized carbons (Fsp3) is 0.143. The third-order valence-electron chi connectivity index (χ3n) is 3.20. The van der Waals surface area contributed by atoms with Gasteiger partial charge in [-0.1, -0.05) is 23.5 Å². The molecule has 0 saturated carbocycles. The standard InChI is InChI=1S/C14H10N4O5S/c19-9(15-14-17-16-10(24-14)5-11(20)21)6-18-12(22)7-3-1-2-4-8(7)13(18)23/h1-4H,5-6H2,(H,20,21)(H,15,17,19). The highest BCUT2D eigenvalue weighted by atomic mass is 32.1. The van der Waals surface area contributed by atoms with Crippen molar-refractivity contribution in [1.82, 2.24) is 15.1 Å². The molecule has 0 aliphatic carbocycles. The number of aromatic nitrogens is 2. The number of anilines is 1. The van der Waals surface area contributed by atoms with Crippen LogP contribution in [0.5, 0.6) is 0 Å². The number of benzene rings is 1. The Morgan fingerprint density at radius 2 is 1.75 bits per heavy atom. The Morgan fingerprint density at radius 3 is 2.33 bits per heavy atom. The van der Waals surface area contributed by atoms with Gasteiger partial charge in [0.25, 0.3) is 11.8 Å². The number of carboxylic acid groups (broad SMARTS) is 1. The van der Waals surface area contributed by atoms with Crippen LogP contribution in [0.15, 0.2) is 24.3 Å². The van der Waals surface area contributed by atoms with Gasteiger partial charge in [0.15, 0.2) is 0 Å². The molecule has 2 heterocycles. The molecule has 0 spiro atoms. The van der Waals surface area contributed by atoms with Crippen molar-refractivity contribution in [2.75, 3.05) is 11.9 Å². The van der Waals surface area contributed by atoms with Gasteiger partial charge in [-0.15, -0.1) is 10.2 Å². The van der Waals surface area contributed by atoms with Crippen LogP contribution in [0.1, 0.15) is 25.7 Å². The maximum Gasteiger partial charge on any atom is 0.310 e. The van der Waals surface area contributed by atoms with E-state index in [1.165, 1.54) is 12.1 Å². The SMILES string of the molecule is O=C(O)Cc1nnc(NC(=O)CN2C(=O)c3ccccc3C2=O)s1. The Hall–Kier alpha value is -3.14. The smallest absolute Gasteiger partial charge is 0.310 e. The van der Waals surface area contributed by atoms with Crippen molar-refractivity contribution in [3.05, 3.63) is 40.4 Å². The molecule has 2 N–H and O–H groups in total. The van der Waals surface area contributed by atoms with Crippen molar-refractivity contribution in [3.8, 4) is 0 Å². The van der Waals surface area contributed by atoms with Crippen LogP contribution >= 0.6 is 11.3 Å². The molecule has 3 rings (SSSR count). The predicted octanol–water partition coefficient (Wildman–Crippen LogP) is 0.400. The monoisotopic (exact) mass is 346 g/mol. The highest BCUT2D eigenvalue weighted by Gasteiger charge is 2.36. The zero-order valence-electron chi connectivity index (χ0n) is 12.1. The maximum absolute atomic E-state index is 12.2. The van der Waals surface area contributed by atoms with Gasteiger partial charge in [-0.05, 0) is 12.1 Å². The van der Waals surface area contributed by atoms with E-state index < -0.39 is 30.2 Å². The van der Waals surface area contributed by atoms with Crippen molar-refractivity contribution in [2.24, 2.45) is 0 Å². The third kappa shape index (κ3) is 2.99. The Morgan fingerprint density at radius 1 is 1.12 bits per heavy atom. The van der Waals surface area contributed by atoms with E-state index in [2.05, 4.69) is 15.5 Å². The molecule has 0 radical (unpaired) electrons. The van der Waals surface area contributed by atoms with Crippen molar-refractivity contribution >= 4 is 40.2 Å². The van der Waals surface area contributed by atoms with Crippen LogP contribution < -0.4 is 5.32 Å². The number of hydrogen-bond donors (Lipinski definition) is 2. The number of carbonyl (C=O) groups is 4. The van der Waals surface area contributed by atoms with Crippen LogP contribution in [0.4, 0.5) is 5.13 Å². The van der Waals surface area contributed by atoms with Crippen LogP contribution in [-0.4, -0.2) is 50.4 Å². The summed E-state index contributed by atoms with van der Waals surface area (Å²) in [6.45, 7) is -0.458. The molecule has 1 aliphatic heterocycles. The van der Waals surface area contributed by atoms with Gasteiger partial charge in [0.05, 0.1) is 17.5 Å². The van der Waals surface area contributed by atoms with Gasteiger partial charge in [0.2, 0.25) is 11.0 Å². The van der Waals surface area contributed by atoms with Crippen molar-refractivity contribution < 1.29 is 24.3 Å². The van der Waals surface area contributed by atoms with Gasteiger partial charge >= 0.3 is 5.97 Å². The summed E-state index contributed by atoms with van der Waals surface area (Å²) in [5, 5.41) is 18.7. The second kappa shape index (κ2) is 6.16. The molecular formula is C14H10N4O5S. The zero-order chi connectivity index (χ0) is 17.3. The summed E-state index contributed by atoms with van der Waals surface area (Å²) in [5.74, 6) is -2.75. The summed E-state index contributed by atoms with van der Waals surface area (Å²) in [6.07, 6.45) is -0.300. The van der Waals surface area contributed by atoms with Crippen LogP contribution in [-0.2, 0) is 16.0 Å². The van der Waals surface area contributed by atoms with Gasteiger partial charge in [-0.25, -0.2) is 0 Å². The molecule has 0 atom stereocenters. The second-order valence-electron chi connectivity index (χ2n) is 4.86. The van der Waals surface area contributed by atoms with Crippen LogP contribution in [0.2, 0.25) is 0 Å². The molecule has 2 aromatic rings. The molecule has 0 bridgehead atoms. The zero-order valence-corrected chi connectivity index (χ0v) is 12.9. The highest BCUT2D eigenvalue weighted by Crippen LogP contribution is 2.22. The number of nitrogens with one attached hydrogen (secondary N) is 1. The Balaban J connectivity index is 1.66. The summed E-state index contributed by atoms with van der Waals surface area (Å²) in [7, 11) is 0. The van der Waals surface area contributed by atoms with E-state index in [-0.39, 0.29) is 27.7 Å². The van der Waals surface area contributed by atoms with Gasteiger partial charge in [-0.3, -0.25) is 29.4 Å². The summed E-state index contributed by atoms with van der Waals surface area (Å²) in [4.78, 5) is 47.7. The van der Waals surface area contributed by atoms with Crippen molar-refractivity contribution in [3.63, 3.8) is 0 Å². The molecule has 0 fully saturated rings. The maximum atomic E-state index is 12.2. The first-order chi connectivity index (χ1) is 11.5. The molecule has 3 amide bonds. The number of hydrogen-bond acceptors (Lipinski definition) is 7. The van der Waals surface area contributed by atoms with E-state index in [9.17, 15) is 19.2 Å². The average Bonchev–Trinajstić information content (AvgIpc) is 3.05. The van der Waals surface area contributed by atoms with Crippen molar-refractivity contribution in [1.29, 1.82) is 0 Å². The lowest BCUT2D eigenvalue weighted by Gasteiger charge is -2.12. The van der Waals surface area contributed by atoms with E-state index in [0.29, 0.717) is 0 Å². The number of carboxylic acids is 1. The van der Waals surface area contributed by atoms with E-state index in [0.717, 1.165) is 16.2 Å². The molecule has 1 aromatic carbocycles. The van der Waals surface area contributed by atoms with E-state index in [4.69, 9.17) is 5.11 Å². The highest BCUT2D eigenvalue weighted by molar-refractivity contribution is 7.15. The average molecular weight is 346 g/mol. The van der Waals surface area contributed by atoms with Gasteiger partial charge < -0.3 is 5.11 Å². The number of imide groups is 1. The largest absolute Gasteiger partial charge is 0.481 e. The first-order valence-corrected chi connectivity index (χ1v) is 7.56. The molecule has 1 aromatic heterocycles. The summed E-state index contributed by atoms with van der Waals surface area (Å²) < 4.78 is 0. The summed E-state index contributed by atoms with van der Waals surface area (Å²) in [6, 6.07) is 6.32. The normalized spacial score (nSPS) is 13.1. The minimum Gasteiger partial charge on any atom is -0.481 e. The minimum atomic E-state index is -1.06. The van der Waals surface area contributed by atoms with Crippen LogP contribution in [0, 0.1) is 0 Å². The topological polar surface area (TPSA) is 130 Å². The van der Waals surface area contributed by atoms with Crippen LogP contribution in [0.3, 0.4) is 0 Å². The first kappa shape index (κ1) is 15.7. The minimum absolute atomic E-state index is 0.104.